The number of nitrogens with zero attached hydrogens (tertiary/aromatic N) is 1. The van der Waals surface area contributed by atoms with E-state index in [1.165, 1.54) is 0 Å². The number of aromatic amines is 1. The van der Waals surface area contributed by atoms with Crippen molar-refractivity contribution in [3.8, 4) is 11.5 Å². The first kappa shape index (κ1) is 17.9. The Morgan fingerprint density at radius 2 is 1.96 bits per heavy atom. The number of carbonyl (C=O) groups is 1. The zero-order chi connectivity index (χ0) is 19.5. The van der Waals surface area contributed by atoms with Crippen LogP contribution in [0.5, 0.6) is 11.5 Å². The molecule has 4 rings (SSSR count). The maximum absolute atomic E-state index is 12.9. The number of fused-ring (bicyclic) bond motifs is 2. The third-order valence-corrected chi connectivity index (χ3v) is 4.60. The summed E-state index contributed by atoms with van der Waals surface area (Å²) in [6, 6.07) is 14.2. The normalized spacial score (nSPS) is 12.2. The molecular weight excluding hydrogens is 358 g/mol. The van der Waals surface area contributed by atoms with E-state index < -0.39 is 0 Å². The summed E-state index contributed by atoms with van der Waals surface area (Å²) in [4.78, 5) is 29.4. The lowest BCUT2D eigenvalue weighted by Gasteiger charge is -2.23. The molecule has 0 saturated heterocycles. The molecule has 0 aliphatic carbocycles. The van der Waals surface area contributed by atoms with E-state index in [1.54, 1.807) is 29.2 Å². The molecule has 0 saturated carbocycles. The van der Waals surface area contributed by atoms with Crippen molar-refractivity contribution in [2.24, 2.45) is 0 Å². The highest BCUT2D eigenvalue weighted by Gasteiger charge is 2.18. The lowest BCUT2D eigenvalue weighted by atomic mass is 10.1. The summed E-state index contributed by atoms with van der Waals surface area (Å²) < 4.78 is 10.7. The third kappa shape index (κ3) is 3.64. The average molecular weight is 379 g/mol. The summed E-state index contributed by atoms with van der Waals surface area (Å²) in [5.41, 5.74) is 2.03. The highest BCUT2D eigenvalue weighted by molar-refractivity contribution is 5.90. The number of benzene rings is 2. The molecule has 1 aromatic heterocycles. The average Bonchev–Trinajstić information content (AvgIpc) is 3.15. The summed E-state index contributed by atoms with van der Waals surface area (Å²) >= 11 is 0. The van der Waals surface area contributed by atoms with E-state index >= 15 is 0 Å². The Morgan fingerprint density at radius 3 is 2.82 bits per heavy atom. The van der Waals surface area contributed by atoms with Crippen LogP contribution < -0.4 is 20.3 Å². The lowest BCUT2D eigenvalue weighted by molar-refractivity contribution is 0.174. The molecule has 0 bridgehead atoms. The van der Waals surface area contributed by atoms with Crippen molar-refractivity contribution < 1.29 is 14.3 Å². The highest BCUT2D eigenvalue weighted by Crippen LogP contribution is 2.34. The molecule has 0 atom stereocenters. The molecule has 0 fully saturated rings. The number of hydrogen-bond donors (Lipinski definition) is 2. The monoisotopic (exact) mass is 379 g/mol. The summed E-state index contributed by atoms with van der Waals surface area (Å²) in [5.74, 6) is 1.28. The number of nitrogens with one attached hydrogen (secondary N) is 2. The first-order chi connectivity index (χ1) is 13.6. The van der Waals surface area contributed by atoms with Crippen LogP contribution in [0, 0.1) is 0 Å². The molecule has 0 radical (unpaired) electrons. The maximum atomic E-state index is 12.9. The molecule has 28 heavy (non-hydrogen) atoms. The van der Waals surface area contributed by atoms with Crippen LogP contribution in [-0.4, -0.2) is 29.3 Å². The molecule has 2 aromatic carbocycles. The molecule has 2 amide bonds. The van der Waals surface area contributed by atoms with Gasteiger partial charge in [0.15, 0.2) is 11.5 Å². The van der Waals surface area contributed by atoms with Gasteiger partial charge in [0.1, 0.15) is 0 Å². The van der Waals surface area contributed by atoms with Crippen LogP contribution in [-0.2, 0) is 6.54 Å². The molecule has 7 nitrogen and oxygen atoms in total. The molecule has 1 aliphatic heterocycles. The SMILES string of the molecule is CCCN(Cc1cc(=O)[nH]c2ccccc12)C(=O)Nc1ccc2c(c1)OCO2. The number of carbonyl (C=O) groups excluding carboxylic acids is 1. The maximum Gasteiger partial charge on any atom is 0.322 e. The number of hydrogen-bond acceptors (Lipinski definition) is 4. The minimum absolute atomic E-state index is 0.179. The number of para-hydroxylation sites is 1. The summed E-state index contributed by atoms with van der Waals surface area (Å²) in [6.07, 6.45) is 0.801. The number of H-pyrrole nitrogens is 1. The van der Waals surface area contributed by atoms with Crippen molar-refractivity contribution >= 4 is 22.6 Å². The largest absolute Gasteiger partial charge is 0.454 e. The van der Waals surface area contributed by atoms with E-state index in [1.807, 2.05) is 31.2 Å². The molecule has 2 N–H and O–H groups in total. The standard InChI is InChI=1S/C21H21N3O4/c1-2-9-24(12-14-10-20(25)23-17-6-4-3-5-16(14)17)21(26)22-15-7-8-18-19(11-15)28-13-27-18/h3-8,10-11H,2,9,12-13H2,1H3,(H,22,26)(H,23,25). The van der Waals surface area contributed by atoms with Crippen molar-refractivity contribution in [3.63, 3.8) is 0 Å². The van der Waals surface area contributed by atoms with Gasteiger partial charge in [-0.05, 0) is 30.2 Å². The third-order valence-electron chi connectivity index (χ3n) is 4.60. The number of anilines is 1. The number of rotatable bonds is 5. The zero-order valence-corrected chi connectivity index (χ0v) is 15.5. The highest BCUT2D eigenvalue weighted by atomic mass is 16.7. The van der Waals surface area contributed by atoms with Crippen molar-refractivity contribution in [1.29, 1.82) is 0 Å². The second-order valence-electron chi connectivity index (χ2n) is 6.62. The predicted molar refractivity (Wildman–Crippen MR) is 107 cm³/mol. The smallest absolute Gasteiger partial charge is 0.322 e. The molecular formula is C21H21N3O4. The molecule has 1 aliphatic rings. The van der Waals surface area contributed by atoms with Crippen molar-refractivity contribution in [3.05, 3.63) is 64.4 Å². The number of aromatic nitrogens is 1. The zero-order valence-electron chi connectivity index (χ0n) is 15.5. The predicted octanol–water partition coefficient (Wildman–Crippen LogP) is 3.70. The second-order valence-corrected chi connectivity index (χ2v) is 6.62. The van der Waals surface area contributed by atoms with E-state index in [0.717, 1.165) is 22.9 Å². The summed E-state index contributed by atoms with van der Waals surface area (Å²) in [7, 11) is 0. The fraction of sp³-hybridized carbons (Fsp3) is 0.238. The van der Waals surface area contributed by atoms with Crippen LogP contribution in [0.3, 0.4) is 0 Å². The quantitative estimate of drug-likeness (QED) is 0.708. The van der Waals surface area contributed by atoms with Gasteiger partial charge in [-0.1, -0.05) is 25.1 Å². The number of ether oxygens (including phenoxy) is 2. The Bertz CT molecular complexity index is 1080. The van der Waals surface area contributed by atoms with Crippen molar-refractivity contribution in [1.82, 2.24) is 9.88 Å². The lowest BCUT2D eigenvalue weighted by Crippen LogP contribution is -2.35. The van der Waals surface area contributed by atoms with Gasteiger partial charge in [0.25, 0.3) is 0 Å². The minimum Gasteiger partial charge on any atom is -0.454 e. The molecule has 3 aromatic rings. The molecule has 7 heteroatoms. The van der Waals surface area contributed by atoms with Gasteiger partial charge in [0.2, 0.25) is 12.4 Å². The Labute approximate surface area is 161 Å². The van der Waals surface area contributed by atoms with Crippen LogP contribution in [0.15, 0.2) is 53.3 Å². The van der Waals surface area contributed by atoms with Gasteiger partial charge in [-0.25, -0.2) is 4.79 Å². The van der Waals surface area contributed by atoms with Gasteiger partial charge >= 0.3 is 6.03 Å². The van der Waals surface area contributed by atoms with Crippen molar-refractivity contribution in [2.45, 2.75) is 19.9 Å². The van der Waals surface area contributed by atoms with E-state index in [4.69, 9.17) is 9.47 Å². The van der Waals surface area contributed by atoms with Gasteiger partial charge in [0, 0.05) is 41.8 Å². The Kier molecular flexibility index (Phi) is 4.89. The first-order valence-electron chi connectivity index (χ1n) is 9.20. The van der Waals surface area contributed by atoms with E-state index in [-0.39, 0.29) is 18.4 Å². The Morgan fingerprint density at radius 1 is 1.14 bits per heavy atom. The Hall–Kier alpha value is -3.48. The van der Waals surface area contributed by atoms with Crippen LogP contribution in [0.25, 0.3) is 10.9 Å². The van der Waals surface area contributed by atoms with E-state index in [0.29, 0.717) is 30.3 Å². The number of pyridine rings is 1. The molecule has 0 unspecified atom stereocenters. The summed E-state index contributed by atoms with van der Waals surface area (Å²) in [6.45, 7) is 3.10. The molecule has 144 valence electrons. The van der Waals surface area contributed by atoms with Crippen LogP contribution in [0.4, 0.5) is 10.5 Å². The van der Waals surface area contributed by atoms with E-state index in [2.05, 4.69) is 10.3 Å². The van der Waals surface area contributed by atoms with Crippen LogP contribution in [0.1, 0.15) is 18.9 Å². The van der Waals surface area contributed by atoms with Gasteiger partial charge in [-0.15, -0.1) is 0 Å². The van der Waals surface area contributed by atoms with E-state index in [9.17, 15) is 9.59 Å². The van der Waals surface area contributed by atoms with Gasteiger partial charge in [-0.2, -0.15) is 0 Å². The number of amides is 2. The van der Waals surface area contributed by atoms with Gasteiger partial charge in [0.05, 0.1) is 0 Å². The minimum atomic E-state index is -0.231. The van der Waals surface area contributed by atoms with Crippen LogP contribution >= 0.6 is 0 Å². The topological polar surface area (TPSA) is 83.7 Å². The second kappa shape index (κ2) is 7.64. The van der Waals surface area contributed by atoms with Gasteiger partial charge in [-0.3, -0.25) is 4.79 Å². The van der Waals surface area contributed by atoms with Gasteiger partial charge < -0.3 is 24.7 Å². The number of urea groups is 1. The molecule has 2 heterocycles. The Balaban J connectivity index is 1.57. The summed E-state index contributed by atoms with van der Waals surface area (Å²) in [5, 5.41) is 3.83. The fourth-order valence-electron chi connectivity index (χ4n) is 3.31. The van der Waals surface area contributed by atoms with Crippen molar-refractivity contribution in [2.75, 3.05) is 18.7 Å². The first-order valence-corrected chi connectivity index (χ1v) is 9.20. The van der Waals surface area contributed by atoms with Crippen LogP contribution in [0.2, 0.25) is 0 Å². The molecule has 0 spiro atoms. The fourth-order valence-corrected chi connectivity index (χ4v) is 3.31.